The average Bonchev–Trinajstić information content (AvgIpc) is 2.39. The van der Waals surface area contributed by atoms with Crippen LogP contribution in [0.15, 0.2) is 36.5 Å². The lowest BCUT2D eigenvalue weighted by atomic mass is 10.2. The maximum Gasteiger partial charge on any atom is 0.359 e. The molecule has 0 atom stereocenters. The fourth-order valence-corrected chi connectivity index (χ4v) is 1.52. The first-order valence-corrected chi connectivity index (χ1v) is 5.26. The summed E-state index contributed by atoms with van der Waals surface area (Å²) in [4.78, 5) is 19.5. The number of benzene rings is 1. The number of nitrogens with zero attached hydrogens (tertiary/aromatic N) is 2. The molecule has 2 aromatic rings. The Hall–Kier alpha value is -1.94. The van der Waals surface area contributed by atoms with Crippen LogP contribution in [0.2, 0.25) is 5.15 Å². The van der Waals surface area contributed by atoms with Crippen LogP contribution in [0.4, 0.5) is 0 Å². The Bertz CT molecular complexity index is 543. The third kappa shape index (κ3) is 2.42. The summed E-state index contributed by atoms with van der Waals surface area (Å²) in [6.07, 6.45) is 1.52. The molecule has 0 aliphatic heterocycles. The molecule has 1 aromatic heterocycles. The first-order valence-electron chi connectivity index (χ1n) is 4.88. The van der Waals surface area contributed by atoms with Crippen LogP contribution < -0.4 is 0 Å². The summed E-state index contributed by atoms with van der Waals surface area (Å²) in [5.41, 5.74) is 1.47. The van der Waals surface area contributed by atoms with Crippen molar-refractivity contribution >= 4 is 17.6 Å². The summed E-state index contributed by atoms with van der Waals surface area (Å²) in [5.74, 6) is -0.597. The van der Waals surface area contributed by atoms with Crippen molar-refractivity contribution in [3.8, 4) is 11.3 Å². The number of ether oxygens (including phenoxy) is 1. The number of carbonyl (C=O) groups excluding carboxylic acids is 1. The molecule has 4 nitrogen and oxygen atoms in total. The lowest BCUT2D eigenvalue weighted by Gasteiger charge is -2.04. The quantitative estimate of drug-likeness (QED) is 0.767. The largest absolute Gasteiger partial charge is 0.464 e. The third-order valence-electron chi connectivity index (χ3n) is 2.18. The highest BCUT2D eigenvalue weighted by molar-refractivity contribution is 6.32. The van der Waals surface area contributed by atoms with Crippen molar-refractivity contribution in [3.05, 3.63) is 47.4 Å². The van der Waals surface area contributed by atoms with Gasteiger partial charge in [0.2, 0.25) is 0 Å². The topological polar surface area (TPSA) is 52.1 Å². The van der Waals surface area contributed by atoms with Gasteiger partial charge in [0.1, 0.15) is 0 Å². The number of halogens is 1. The van der Waals surface area contributed by atoms with Gasteiger partial charge in [0, 0.05) is 5.56 Å². The summed E-state index contributed by atoms with van der Waals surface area (Å²) in [6.45, 7) is 0. The van der Waals surface area contributed by atoms with Crippen molar-refractivity contribution in [2.45, 2.75) is 0 Å². The van der Waals surface area contributed by atoms with Crippen LogP contribution in [0.5, 0.6) is 0 Å². The normalized spacial score (nSPS) is 10.0. The Kier molecular flexibility index (Phi) is 3.35. The van der Waals surface area contributed by atoms with Gasteiger partial charge in [-0.05, 0) is 0 Å². The number of esters is 1. The number of aromatic nitrogens is 2. The van der Waals surface area contributed by atoms with Gasteiger partial charge in [-0.25, -0.2) is 14.8 Å². The Morgan fingerprint density at radius 2 is 2.00 bits per heavy atom. The predicted octanol–water partition coefficient (Wildman–Crippen LogP) is 2.58. The van der Waals surface area contributed by atoms with Crippen LogP contribution in [-0.2, 0) is 4.74 Å². The SMILES string of the molecule is COC(=O)c1nc(-c2ccccc2)cnc1Cl. The minimum Gasteiger partial charge on any atom is -0.464 e. The van der Waals surface area contributed by atoms with Crippen LogP contribution in [-0.4, -0.2) is 23.0 Å². The first kappa shape index (κ1) is 11.5. The van der Waals surface area contributed by atoms with E-state index in [1.807, 2.05) is 30.3 Å². The smallest absolute Gasteiger partial charge is 0.359 e. The molecule has 0 bridgehead atoms. The molecule has 0 aliphatic rings. The van der Waals surface area contributed by atoms with E-state index in [1.54, 1.807) is 0 Å². The minimum absolute atomic E-state index is 0.0236. The molecule has 0 aliphatic carbocycles. The monoisotopic (exact) mass is 248 g/mol. The van der Waals surface area contributed by atoms with Crippen molar-refractivity contribution in [2.24, 2.45) is 0 Å². The average molecular weight is 249 g/mol. The molecular weight excluding hydrogens is 240 g/mol. The summed E-state index contributed by atoms with van der Waals surface area (Å²) in [5, 5.41) is 0.0385. The number of carbonyl (C=O) groups is 1. The molecule has 2 rings (SSSR count). The number of rotatable bonds is 2. The van der Waals surface area contributed by atoms with E-state index in [4.69, 9.17) is 11.6 Å². The molecule has 0 unspecified atom stereocenters. The lowest BCUT2D eigenvalue weighted by Crippen LogP contribution is -2.07. The highest BCUT2D eigenvalue weighted by Crippen LogP contribution is 2.19. The molecule has 17 heavy (non-hydrogen) atoms. The van der Waals surface area contributed by atoms with Crippen molar-refractivity contribution in [1.29, 1.82) is 0 Å². The Morgan fingerprint density at radius 1 is 1.29 bits per heavy atom. The second-order valence-corrected chi connectivity index (χ2v) is 3.61. The fraction of sp³-hybridized carbons (Fsp3) is 0.0833. The number of hydrogen-bond acceptors (Lipinski definition) is 4. The van der Waals surface area contributed by atoms with Crippen molar-refractivity contribution < 1.29 is 9.53 Å². The molecule has 0 spiro atoms. The minimum atomic E-state index is -0.597. The molecule has 1 aromatic carbocycles. The highest BCUT2D eigenvalue weighted by atomic mass is 35.5. The van der Waals surface area contributed by atoms with Gasteiger partial charge in [-0.2, -0.15) is 0 Å². The van der Waals surface area contributed by atoms with E-state index in [1.165, 1.54) is 13.3 Å². The van der Waals surface area contributed by atoms with Crippen LogP contribution in [0.3, 0.4) is 0 Å². The molecule has 0 fully saturated rings. The Labute approximate surface area is 103 Å². The van der Waals surface area contributed by atoms with Crippen LogP contribution >= 0.6 is 11.6 Å². The summed E-state index contributed by atoms with van der Waals surface area (Å²) in [7, 11) is 1.27. The van der Waals surface area contributed by atoms with Gasteiger partial charge in [-0.1, -0.05) is 41.9 Å². The fourth-order valence-electron chi connectivity index (χ4n) is 1.35. The second-order valence-electron chi connectivity index (χ2n) is 3.25. The number of hydrogen-bond donors (Lipinski definition) is 0. The zero-order valence-corrected chi connectivity index (χ0v) is 9.81. The van der Waals surface area contributed by atoms with E-state index >= 15 is 0 Å². The predicted molar refractivity (Wildman–Crippen MR) is 63.8 cm³/mol. The molecular formula is C12H9ClN2O2. The zero-order valence-electron chi connectivity index (χ0n) is 9.05. The Morgan fingerprint density at radius 3 is 2.65 bits per heavy atom. The van der Waals surface area contributed by atoms with Gasteiger partial charge in [0.15, 0.2) is 10.8 Å². The zero-order chi connectivity index (χ0) is 12.3. The van der Waals surface area contributed by atoms with Crippen molar-refractivity contribution in [1.82, 2.24) is 9.97 Å². The lowest BCUT2D eigenvalue weighted by molar-refractivity contribution is 0.0594. The van der Waals surface area contributed by atoms with Gasteiger partial charge < -0.3 is 4.74 Å². The van der Waals surface area contributed by atoms with E-state index in [2.05, 4.69) is 14.7 Å². The third-order valence-corrected chi connectivity index (χ3v) is 2.45. The van der Waals surface area contributed by atoms with Crippen molar-refractivity contribution in [2.75, 3.05) is 7.11 Å². The van der Waals surface area contributed by atoms with Gasteiger partial charge in [0.25, 0.3) is 0 Å². The highest BCUT2D eigenvalue weighted by Gasteiger charge is 2.15. The molecule has 0 saturated carbocycles. The van der Waals surface area contributed by atoms with Gasteiger partial charge >= 0.3 is 5.97 Å². The molecule has 0 amide bonds. The van der Waals surface area contributed by atoms with Gasteiger partial charge in [0.05, 0.1) is 19.0 Å². The molecule has 1 heterocycles. The van der Waals surface area contributed by atoms with E-state index < -0.39 is 5.97 Å². The summed E-state index contributed by atoms with van der Waals surface area (Å²) >= 11 is 5.78. The van der Waals surface area contributed by atoms with Gasteiger partial charge in [-0.3, -0.25) is 0 Å². The maximum atomic E-state index is 11.4. The second kappa shape index (κ2) is 4.93. The molecule has 0 saturated heterocycles. The Balaban J connectivity index is 2.48. The summed E-state index contributed by atoms with van der Waals surface area (Å²) < 4.78 is 4.58. The standard InChI is InChI=1S/C12H9ClN2O2/c1-17-12(16)10-11(13)14-7-9(15-10)8-5-3-2-4-6-8/h2-7H,1H3. The van der Waals surface area contributed by atoms with Crippen LogP contribution in [0.1, 0.15) is 10.5 Å². The van der Waals surface area contributed by atoms with Crippen molar-refractivity contribution in [3.63, 3.8) is 0 Å². The molecule has 86 valence electrons. The van der Waals surface area contributed by atoms with Crippen LogP contribution in [0, 0.1) is 0 Å². The van der Waals surface area contributed by atoms with Crippen LogP contribution in [0.25, 0.3) is 11.3 Å². The maximum absolute atomic E-state index is 11.4. The summed E-state index contributed by atoms with van der Waals surface area (Å²) in [6, 6.07) is 9.40. The molecule has 0 N–H and O–H groups in total. The van der Waals surface area contributed by atoms with E-state index in [-0.39, 0.29) is 10.8 Å². The molecule has 0 radical (unpaired) electrons. The first-order chi connectivity index (χ1) is 8.22. The molecule has 5 heteroatoms. The number of methoxy groups -OCH3 is 1. The van der Waals surface area contributed by atoms with E-state index in [0.29, 0.717) is 5.69 Å². The van der Waals surface area contributed by atoms with E-state index in [9.17, 15) is 4.79 Å². The van der Waals surface area contributed by atoms with Gasteiger partial charge in [-0.15, -0.1) is 0 Å². The van der Waals surface area contributed by atoms with E-state index in [0.717, 1.165) is 5.56 Å².